The molecule has 2 aromatic heterocycles. The van der Waals surface area contributed by atoms with Crippen LogP contribution in [0.1, 0.15) is 11.1 Å². The number of pyridine rings is 2. The first-order valence-electron chi connectivity index (χ1n) is 11.2. The fourth-order valence-electron chi connectivity index (χ4n) is 4.29. The van der Waals surface area contributed by atoms with E-state index in [-0.39, 0.29) is 0 Å². The molecule has 0 amide bonds. The van der Waals surface area contributed by atoms with Crippen LogP contribution in [0.15, 0.2) is 97.6 Å². The second-order valence-electron chi connectivity index (χ2n) is 8.68. The van der Waals surface area contributed by atoms with Gasteiger partial charge in [0.1, 0.15) is 7.05 Å². The normalized spacial score (nSPS) is 13.2. The van der Waals surface area contributed by atoms with Gasteiger partial charge in [0.2, 0.25) is 5.69 Å². The van der Waals surface area contributed by atoms with Crippen molar-refractivity contribution in [1.29, 1.82) is 0 Å². The predicted octanol–water partition coefficient (Wildman–Crippen LogP) is 5.38. The molecule has 0 fully saturated rings. The van der Waals surface area contributed by atoms with Crippen molar-refractivity contribution < 1.29 is 9.13 Å². The highest BCUT2D eigenvalue weighted by Crippen LogP contribution is 2.30. The molecule has 5 rings (SSSR count). The highest BCUT2D eigenvalue weighted by molar-refractivity contribution is 5.99. The smallest absolute Gasteiger partial charge is 0.218 e. The first-order chi connectivity index (χ1) is 15.6. The van der Waals surface area contributed by atoms with Gasteiger partial charge >= 0.3 is 0 Å². The number of rotatable bonds is 5. The molecule has 0 bridgehead atoms. The summed E-state index contributed by atoms with van der Waals surface area (Å²) in [5.74, 6) is 0.457. The van der Waals surface area contributed by atoms with Crippen molar-refractivity contribution in [2.45, 2.75) is 13.8 Å². The number of anilines is 1. The summed E-state index contributed by atoms with van der Waals surface area (Å²) in [4.78, 5) is 0. The van der Waals surface area contributed by atoms with E-state index in [0.717, 1.165) is 6.54 Å². The van der Waals surface area contributed by atoms with Crippen LogP contribution < -0.4 is 14.5 Å². The average Bonchev–Trinajstić information content (AvgIpc) is 3.33. The highest BCUT2D eigenvalue weighted by Gasteiger charge is 2.16. The lowest BCUT2D eigenvalue weighted by Crippen LogP contribution is -2.29. The first kappa shape index (κ1) is 20.2. The van der Waals surface area contributed by atoms with Crippen molar-refractivity contribution >= 4 is 16.5 Å². The molecule has 2 aromatic carbocycles. The topological polar surface area (TPSA) is 19.8 Å². The van der Waals surface area contributed by atoms with E-state index >= 15 is 0 Å². The van der Waals surface area contributed by atoms with Crippen molar-refractivity contribution in [2.24, 2.45) is 13.0 Å². The van der Waals surface area contributed by atoms with Crippen LogP contribution in [-0.4, -0.2) is 6.54 Å². The van der Waals surface area contributed by atoms with Crippen molar-refractivity contribution in [2.75, 3.05) is 11.9 Å². The summed E-state index contributed by atoms with van der Waals surface area (Å²) in [6.07, 6.45) is 17.2. The molecule has 1 aliphatic carbocycles. The van der Waals surface area contributed by atoms with E-state index in [2.05, 4.69) is 126 Å². The third-order valence-electron chi connectivity index (χ3n) is 6.38. The number of hydrogen-bond acceptors (Lipinski definition) is 1. The zero-order valence-electron chi connectivity index (χ0n) is 18.9. The Kier molecular flexibility index (Phi) is 5.32. The Morgan fingerprint density at radius 2 is 1.34 bits per heavy atom. The number of hydrogen-bond donors (Lipinski definition) is 1. The van der Waals surface area contributed by atoms with Crippen LogP contribution in [0.2, 0.25) is 0 Å². The number of nitrogens with one attached hydrogen (secondary N) is 1. The number of aromatic nitrogens is 2. The molecule has 0 atom stereocenters. The molecule has 32 heavy (non-hydrogen) atoms. The molecule has 3 nitrogen and oxygen atoms in total. The molecule has 3 heteroatoms. The fraction of sp³-hybridized carbons (Fsp3) is 0.172. The van der Waals surface area contributed by atoms with Gasteiger partial charge in [-0.1, -0.05) is 24.3 Å². The maximum Gasteiger partial charge on any atom is 0.218 e. The Labute approximate surface area is 190 Å². The summed E-state index contributed by atoms with van der Waals surface area (Å²) in [5.41, 5.74) is 7.45. The second-order valence-corrected chi connectivity index (χ2v) is 8.68. The van der Waals surface area contributed by atoms with Gasteiger partial charge in [-0.25, -0.2) is 4.57 Å². The van der Waals surface area contributed by atoms with Gasteiger partial charge in [0.25, 0.3) is 0 Å². The largest absolute Gasteiger partial charge is 0.384 e. The minimum absolute atomic E-state index is 0.457. The lowest BCUT2D eigenvalue weighted by Gasteiger charge is -2.14. The van der Waals surface area contributed by atoms with Gasteiger partial charge in [-0.2, -0.15) is 4.57 Å². The second kappa shape index (κ2) is 8.43. The van der Waals surface area contributed by atoms with Crippen LogP contribution in [0.4, 0.5) is 5.69 Å². The van der Waals surface area contributed by atoms with E-state index < -0.39 is 0 Å². The zero-order chi connectivity index (χ0) is 22.1. The van der Waals surface area contributed by atoms with Crippen LogP contribution in [0, 0.1) is 19.8 Å². The maximum atomic E-state index is 3.68. The quantitative estimate of drug-likeness (QED) is 0.431. The number of nitrogens with zero attached hydrogens (tertiary/aromatic N) is 2. The lowest BCUT2D eigenvalue weighted by molar-refractivity contribution is -0.671. The standard InChI is InChI=1S/C29H28N3/c1-21-18-26-27(19-22(21)2)29(9-8-28(26)30-20-23-6-4-5-7-23)32-16-12-25(13-17-32)24-10-14-31(3)15-11-24/h4-19,23H,20H2,1-3H3/q+1/p+1. The van der Waals surface area contributed by atoms with Gasteiger partial charge < -0.3 is 5.32 Å². The van der Waals surface area contributed by atoms with Crippen LogP contribution >= 0.6 is 0 Å². The Bertz CT molecular complexity index is 1320. The van der Waals surface area contributed by atoms with Crippen molar-refractivity contribution in [1.82, 2.24) is 0 Å². The first-order valence-corrected chi connectivity index (χ1v) is 11.2. The minimum Gasteiger partial charge on any atom is -0.384 e. The number of allylic oxidation sites excluding steroid dienone is 2. The van der Waals surface area contributed by atoms with Crippen LogP contribution in [0.5, 0.6) is 0 Å². The third kappa shape index (κ3) is 3.94. The van der Waals surface area contributed by atoms with Crippen LogP contribution in [0.3, 0.4) is 0 Å². The molecule has 158 valence electrons. The van der Waals surface area contributed by atoms with Gasteiger partial charge in [-0.05, 0) is 54.3 Å². The van der Waals surface area contributed by atoms with Crippen molar-refractivity contribution in [3.8, 4) is 16.8 Å². The Balaban J connectivity index is 1.52. The molecular formula is C29H29N3+2. The molecule has 0 unspecified atom stereocenters. The number of aryl methyl sites for hydroxylation is 3. The predicted molar refractivity (Wildman–Crippen MR) is 132 cm³/mol. The van der Waals surface area contributed by atoms with Crippen LogP contribution in [-0.2, 0) is 7.05 Å². The van der Waals surface area contributed by atoms with Gasteiger partial charge in [0.15, 0.2) is 24.8 Å². The van der Waals surface area contributed by atoms with Crippen molar-refractivity contribution in [3.05, 3.63) is 109 Å². The number of benzene rings is 2. The van der Waals surface area contributed by atoms with Gasteiger partial charge in [0.05, 0.1) is 5.39 Å². The summed E-state index contributed by atoms with van der Waals surface area (Å²) in [6, 6.07) is 17.7. The summed E-state index contributed by atoms with van der Waals surface area (Å²) in [6.45, 7) is 5.29. The molecule has 1 N–H and O–H groups in total. The average molecular weight is 420 g/mol. The maximum absolute atomic E-state index is 3.68. The van der Waals surface area contributed by atoms with Gasteiger partial charge in [-0.3, -0.25) is 0 Å². The lowest BCUT2D eigenvalue weighted by atomic mass is 9.99. The summed E-state index contributed by atoms with van der Waals surface area (Å²) in [7, 11) is 2.04. The number of fused-ring (bicyclic) bond motifs is 1. The third-order valence-corrected chi connectivity index (χ3v) is 6.38. The van der Waals surface area contributed by atoms with E-state index in [1.165, 1.54) is 44.4 Å². The molecule has 0 spiro atoms. The molecule has 0 radical (unpaired) electrons. The molecule has 2 heterocycles. The summed E-state index contributed by atoms with van der Waals surface area (Å²) >= 11 is 0. The van der Waals surface area contributed by atoms with E-state index in [1.807, 2.05) is 7.05 Å². The zero-order valence-corrected chi connectivity index (χ0v) is 18.9. The van der Waals surface area contributed by atoms with E-state index in [1.54, 1.807) is 0 Å². The van der Waals surface area contributed by atoms with Crippen LogP contribution in [0.25, 0.3) is 27.6 Å². The Hall–Kier alpha value is -3.72. The van der Waals surface area contributed by atoms with Crippen molar-refractivity contribution in [3.63, 3.8) is 0 Å². The monoisotopic (exact) mass is 419 g/mol. The molecule has 4 aromatic rings. The van der Waals surface area contributed by atoms with E-state index in [4.69, 9.17) is 0 Å². The molecule has 0 aliphatic heterocycles. The summed E-state index contributed by atoms with van der Waals surface area (Å²) in [5, 5.41) is 6.21. The van der Waals surface area contributed by atoms with Gasteiger partial charge in [-0.15, -0.1) is 0 Å². The molecular weight excluding hydrogens is 390 g/mol. The van der Waals surface area contributed by atoms with E-state index in [9.17, 15) is 0 Å². The summed E-state index contributed by atoms with van der Waals surface area (Å²) < 4.78 is 4.27. The Morgan fingerprint density at radius 3 is 2.00 bits per heavy atom. The Morgan fingerprint density at radius 1 is 0.750 bits per heavy atom. The molecule has 0 saturated heterocycles. The highest BCUT2D eigenvalue weighted by atomic mass is 14.9. The minimum atomic E-state index is 0.457. The molecule has 0 saturated carbocycles. The fourth-order valence-corrected chi connectivity index (χ4v) is 4.29. The van der Waals surface area contributed by atoms with E-state index in [0.29, 0.717) is 5.92 Å². The SMILES string of the molecule is Cc1cc2c(NCC3C=CC=C3)ccc(-[n+]3ccc(-c4cc[n+](C)cc4)cc3)c2cc1C. The van der Waals surface area contributed by atoms with Gasteiger partial charge in [0, 0.05) is 53.9 Å². The molecule has 1 aliphatic rings.